The minimum atomic E-state index is 0.0220. The van der Waals surface area contributed by atoms with Gasteiger partial charge in [-0.1, -0.05) is 31.3 Å². The zero-order valence-corrected chi connectivity index (χ0v) is 13.1. The molecule has 118 valence electrons. The predicted octanol–water partition coefficient (Wildman–Crippen LogP) is 2.71. The van der Waals surface area contributed by atoms with E-state index in [-0.39, 0.29) is 12.0 Å². The fourth-order valence-corrected chi connectivity index (χ4v) is 3.74. The lowest BCUT2D eigenvalue weighted by Gasteiger charge is -2.38. The molecule has 1 saturated heterocycles. The van der Waals surface area contributed by atoms with Crippen molar-refractivity contribution in [1.82, 2.24) is 15.0 Å². The zero-order valence-electron chi connectivity index (χ0n) is 13.1. The van der Waals surface area contributed by atoms with Crippen LogP contribution in [0.25, 0.3) is 0 Å². The number of aromatic nitrogens is 2. The summed E-state index contributed by atoms with van der Waals surface area (Å²) in [6.07, 6.45) is 8.50. The monoisotopic (exact) mass is 293 g/mol. The minimum absolute atomic E-state index is 0.0220. The van der Waals surface area contributed by atoms with Crippen molar-refractivity contribution in [2.75, 3.05) is 19.7 Å². The van der Waals surface area contributed by atoms with Crippen molar-refractivity contribution >= 4 is 0 Å². The molecule has 0 bridgehead atoms. The molecule has 5 heteroatoms. The van der Waals surface area contributed by atoms with E-state index < -0.39 is 0 Å². The Morgan fingerprint density at radius 1 is 1.29 bits per heavy atom. The molecule has 1 aliphatic heterocycles. The first-order chi connectivity index (χ1) is 10.2. The first-order valence-electron chi connectivity index (χ1n) is 8.34. The molecule has 1 unspecified atom stereocenters. The number of hydrogen-bond acceptors (Lipinski definition) is 5. The molecule has 2 fully saturated rings. The van der Waals surface area contributed by atoms with Gasteiger partial charge in [0.1, 0.15) is 0 Å². The van der Waals surface area contributed by atoms with Gasteiger partial charge in [0.2, 0.25) is 5.89 Å². The van der Waals surface area contributed by atoms with Crippen molar-refractivity contribution in [1.29, 1.82) is 0 Å². The van der Waals surface area contributed by atoms with Crippen molar-refractivity contribution in [3.63, 3.8) is 0 Å². The Balaban J connectivity index is 1.59. The van der Waals surface area contributed by atoms with Gasteiger partial charge >= 0.3 is 0 Å². The molecule has 21 heavy (non-hydrogen) atoms. The maximum Gasteiger partial charge on any atom is 0.229 e. The van der Waals surface area contributed by atoms with Gasteiger partial charge in [0.15, 0.2) is 5.82 Å². The third-order valence-electron chi connectivity index (χ3n) is 5.04. The Morgan fingerprint density at radius 3 is 2.86 bits per heavy atom. The van der Waals surface area contributed by atoms with E-state index in [1.165, 1.54) is 32.1 Å². The van der Waals surface area contributed by atoms with E-state index in [1.54, 1.807) is 0 Å². The van der Waals surface area contributed by atoms with Gasteiger partial charge in [0.25, 0.3) is 0 Å². The quantitative estimate of drug-likeness (QED) is 0.925. The summed E-state index contributed by atoms with van der Waals surface area (Å²) in [5.74, 6) is 2.12. The molecule has 2 aliphatic rings. The summed E-state index contributed by atoms with van der Waals surface area (Å²) in [5.41, 5.74) is 0.0220. The number of piperidine rings is 1. The summed E-state index contributed by atoms with van der Waals surface area (Å²) < 4.78 is 5.49. The molecular weight excluding hydrogens is 266 g/mol. The fourth-order valence-electron chi connectivity index (χ4n) is 3.74. The van der Waals surface area contributed by atoms with Crippen LogP contribution < -0.4 is 0 Å². The molecule has 3 rings (SSSR count). The Morgan fingerprint density at radius 2 is 2.10 bits per heavy atom. The molecule has 1 aromatic heterocycles. The van der Waals surface area contributed by atoms with E-state index in [1.807, 2.05) is 0 Å². The first-order valence-corrected chi connectivity index (χ1v) is 8.34. The third kappa shape index (κ3) is 3.64. The maximum atomic E-state index is 9.53. The fraction of sp³-hybridized carbons (Fsp3) is 0.875. The van der Waals surface area contributed by atoms with Gasteiger partial charge in [-0.2, -0.15) is 4.98 Å². The van der Waals surface area contributed by atoms with Gasteiger partial charge in [-0.15, -0.1) is 0 Å². The summed E-state index contributed by atoms with van der Waals surface area (Å²) in [6.45, 7) is 5.12. The van der Waals surface area contributed by atoms with E-state index in [9.17, 15) is 5.11 Å². The Bertz CT molecular complexity index is 456. The smallest absolute Gasteiger partial charge is 0.229 e. The van der Waals surface area contributed by atoms with Crippen molar-refractivity contribution < 1.29 is 9.63 Å². The number of rotatable bonds is 4. The lowest BCUT2D eigenvalue weighted by molar-refractivity contribution is 0.0414. The van der Waals surface area contributed by atoms with E-state index in [4.69, 9.17) is 4.52 Å². The van der Waals surface area contributed by atoms with Crippen LogP contribution in [0.4, 0.5) is 0 Å². The molecule has 0 amide bonds. The Labute approximate surface area is 126 Å². The second-order valence-corrected chi connectivity index (χ2v) is 7.17. The second-order valence-electron chi connectivity index (χ2n) is 7.17. The average molecular weight is 293 g/mol. The lowest BCUT2D eigenvalue weighted by atomic mass is 9.83. The van der Waals surface area contributed by atoms with E-state index in [0.29, 0.717) is 5.92 Å². The van der Waals surface area contributed by atoms with Gasteiger partial charge in [-0.25, -0.2) is 0 Å². The largest absolute Gasteiger partial charge is 0.396 e. The molecular formula is C16H27N3O2. The molecule has 1 aromatic rings. The Kier molecular flexibility index (Phi) is 4.60. The molecule has 2 heterocycles. The molecule has 1 saturated carbocycles. The van der Waals surface area contributed by atoms with E-state index in [2.05, 4.69) is 22.0 Å². The van der Waals surface area contributed by atoms with Crippen molar-refractivity contribution in [3.8, 4) is 0 Å². The summed E-state index contributed by atoms with van der Waals surface area (Å²) in [7, 11) is 0. The number of likely N-dealkylation sites (tertiary alicyclic amines) is 1. The van der Waals surface area contributed by atoms with Gasteiger partial charge in [0, 0.05) is 24.5 Å². The lowest BCUT2D eigenvalue weighted by Crippen LogP contribution is -2.43. The summed E-state index contributed by atoms with van der Waals surface area (Å²) in [4.78, 5) is 6.96. The Hall–Kier alpha value is -0.940. The van der Waals surface area contributed by atoms with Crippen LogP contribution in [0.15, 0.2) is 4.52 Å². The van der Waals surface area contributed by atoms with Gasteiger partial charge in [-0.05, 0) is 32.2 Å². The maximum absolute atomic E-state index is 9.53. The predicted molar refractivity (Wildman–Crippen MR) is 79.8 cm³/mol. The highest BCUT2D eigenvalue weighted by Gasteiger charge is 2.31. The van der Waals surface area contributed by atoms with Crippen molar-refractivity contribution in [2.24, 2.45) is 5.41 Å². The van der Waals surface area contributed by atoms with Crippen LogP contribution in [0.1, 0.15) is 69.5 Å². The number of hydrogen-bond donors (Lipinski definition) is 1. The van der Waals surface area contributed by atoms with Crippen molar-refractivity contribution in [2.45, 2.75) is 64.3 Å². The molecule has 0 aromatic carbocycles. The van der Waals surface area contributed by atoms with Crippen molar-refractivity contribution in [3.05, 3.63) is 11.7 Å². The highest BCUT2D eigenvalue weighted by molar-refractivity contribution is 4.96. The van der Waals surface area contributed by atoms with E-state index in [0.717, 1.165) is 44.2 Å². The van der Waals surface area contributed by atoms with Crippen LogP contribution in [-0.2, 0) is 6.54 Å². The van der Waals surface area contributed by atoms with Crippen LogP contribution in [0, 0.1) is 5.41 Å². The van der Waals surface area contributed by atoms with Gasteiger partial charge in [0.05, 0.1) is 6.54 Å². The molecule has 1 N–H and O–H groups in total. The number of aliphatic hydroxyl groups is 1. The van der Waals surface area contributed by atoms with Crippen LogP contribution in [-0.4, -0.2) is 39.8 Å². The zero-order chi connectivity index (χ0) is 14.7. The molecule has 1 atom stereocenters. The molecule has 5 nitrogen and oxygen atoms in total. The van der Waals surface area contributed by atoms with Crippen LogP contribution in [0.2, 0.25) is 0 Å². The number of nitrogens with zero attached hydrogens (tertiary/aromatic N) is 3. The van der Waals surface area contributed by atoms with Gasteiger partial charge < -0.3 is 9.63 Å². The molecule has 1 aliphatic carbocycles. The summed E-state index contributed by atoms with van der Waals surface area (Å²) >= 11 is 0. The SMILES string of the molecule is CC1(CO)CCCN(Cc2noc(C3CCCCC3)n2)C1. The summed E-state index contributed by atoms with van der Waals surface area (Å²) in [5, 5.41) is 13.7. The minimum Gasteiger partial charge on any atom is -0.396 e. The highest BCUT2D eigenvalue weighted by Crippen LogP contribution is 2.32. The van der Waals surface area contributed by atoms with Crippen LogP contribution >= 0.6 is 0 Å². The second kappa shape index (κ2) is 6.44. The average Bonchev–Trinajstić information content (AvgIpc) is 2.97. The third-order valence-corrected chi connectivity index (χ3v) is 5.04. The van der Waals surface area contributed by atoms with Crippen LogP contribution in [0.5, 0.6) is 0 Å². The normalized spacial score (nSPS) is 28.9. The van der Waals surface area contributed by atoms with Gasteiger partial charge in [-0.3, -0.25) is 4.90 Å². The molecule has 0 radical (unpaired) electrons. The summed E-state index contributed by atoms with van der Waals surface area (Å²) in [6, 6.07) is 0. The first kappa shape index (κ1) is 15.0. The van der Waals surface area contributed by atoms with E-state index >= 15 is 0 Å². The molecule has 0 spiro atoms. The topological polar surface area (TPSA) is 62.4 Å². The highest BCUT2D eigenvalue weighted by atomic mass is 16.5. The number of aliphatic hydroxyl groups excluding tert-OH is 1. The van der Waals surface area contributed by atoms with Crippen LogP contribution in [0.3, 0.4) is 0 Å². The standard InChI is InChI=1S/C16H27N3O2/c1-16(12-20)8-5-9-19(11-16)10-14-17-15(21-18-14)13-6-3-2-4-7-13/h13,20H,2-12H2,1H3.